The Balaban J connectivity index is 2.30. The van der Waals surface area contributed by atoms with Crippen molar-refractivity contribution in [3.05, 3.63) is 16.3 Å². The molecule has 0 aliphatic carbocycles. The van der Waals surface area contributed by atoms with Crippen LogP contribution >= 0.6 is 23.1 Å². The first-order chi connectivity index (χ1) is 6.24. The summed E-state index contributed by atoms with van der Waals surface area (Å²) in [7, 11) is 0. The lowest BCUT2D eigenvalue weighted by molar-refractivity contribution is 0.601. The Bertz CT molecular complexity index is 248. The normalized spacial score (nSPS) is 13.1. The number of hydrogen-bond donors (Lipinski definition) is 2. The lowest BCUT2D eigenvalue weighted by Crippen LogP contribution is -2.27. The maximum atomic E-state index is 5.77. The van der Waals surface area contributed by atoms with E-state index < -0.39 is 0 Å². The van der Waals surface area contributed by atoms with Crippen LogP contribution < -0.4 is 11.1 Å². The Hall–Kier alpha value is -0.190. The number of nitrogen functional groups attached to an aromatic ring is 1. The molecule has 0 aliphatic rings. The SMILES string of the molecule is CSCC(C)NCc1sccc1N. The number of rotatable bonds is 5. The second-order valence-corrected chi connectivity index (χ2v) is 4.95. The van der Waals surface area contributed by atoms with Gasteiger partial charge in [0.05, 0.1) is 0 Å². The Morgan fingerprint density at radius 3 is 3.00 bits per heavy atom. The first-order valence-electron chi connectivity index (χ1n) is 4.28. The summed E-state index contributed by atoms with van der Waals surface area (Å²) in [4.78, 5) is 1.24. The third-order valence-electron chi connectivity index (χ3n) is 1.81. The molecule has 0 saturated carbocycles. The van der Waals surface area contributed by atoms with Gasteiger partial charge in [0.15, 0.2) is 0 Å². The van der Waals surface area contributed by atoms with E-state index >= 15 is 0 Å². The molecule has 2 nitrogen and oxygen atoms in total. The van der Waals surface area contributed by atoms with Crippen molar-refractivity contribution in [1.29, 1.82) is 0 Å². The van der Waals surface area contributed by atoms with E-state index in [1.807, 2.05) is 23.2 Å². The minimum Gasteiger partial charge on any atom is -0.398 e. The van der Waals surface area contributed by atoms with Gasteiger partial charge in [0.1, 0.15) is 0 Å². The monoisotopic (exact) mass is 216 g/mol. The summed E-state index contributed by atoms with van der Waals surface area (Å²) < 4.78 is 0. The molecular weight excluding hydrogens is 200 g/mol. The maximum absolute atomic E-state index is 5.77. The molecule has 0 radical (unpaired) electrons. The Labute approximate surface area is 87.9 Å². The van der Waals surface area contributed by atoms with Crippen LogP contribution in [0.25, 0.3) is 0 Å². The average molecular weight is 216 g/mol. The molecule has 74 valence electrons. The van der Waals surface area contributed by atoms with Crippen molar-refractivity contribution < 1.29 is 0 Å². The van der Waals surface area contributed by atoms with Crippen molar-refractivity contribution in [1.82, 2.24) is 5.32 Å². The van der Waals surface area contributed by atoms with Crippen LogP contribution in [0.3, 0.4) is 0 Å². The fraction of sp³-hybridized carbons (Fsp3) is 0.556. The number of nitrogens with two attached hydrogens (primary N) is 1. The predicted octanol–water partition coefficient (Wildman–Crippen LogP) is 2.17. The summed E-state index contributed by atoms with van der Waals surface area (Å²) in [6, 6.07) is 2.51. The van der Waals surface area contributed by atoms with Crippen molar-refractivity contribution >= 4 is 28.8 Å². The zero-order chi connectivity index (χ0) is 9.68. The highest BCUT2D eigenvalue weighted by molar-refractivity contribution is 7.98. The molecule has 4 heteroatoms. The van der Waals surface area contributed by atoms with Crippen molar-refractivity contribution in [3.8, 4) is 0 Å². The highest BCUT2D eigenvalue weighted by Gasteiger charge is 2.03. The molecular formula is C9H16N2S2. The van der Waals surface area contributed by atoms with Gasteiger partial charge in [-0.2, -0.15) is 11.8 Å². The second kappa shape index (κ2) is 5.52. The summed E-state index contributed by atoms with van der Waals surface area (Å²) in [5, 5.41) is 5.47. The quantitative estimate of drug-likeness (QED) is 0.792. The average Bonchev–Trinajstić information content (AvgIpc) is 2.48. The molecule has 1 atom stereocenters. The van der Waals surface area contributed by atoms with E-state index in [0.29, 0.717) is 6.04 Å². The van der Waals surface area contributed by atoms with Gasteiger partial charge in [0, 0.05) is 28.9 Å². The fourth-order valence-electron chi connectivity index (χ4n) is 1.07. The van der Waals surface area contributed by atoms with Crippen molar-refractivity contribution in [2.45, 2.75) is 19.5 Å². The Kier molecular flexibility index (Phi) is 4.62. The molecule has 0 bridgehead atoms. The van der Waals surface area contributed by atoms with Crippen molar-refractivity contribution in [2.75, 3.05) is 17.7 Å². The van der Waals surface area contributed by atoms with Crippen molar-refractivity contribution in [3.63, 3.8) is 0 Å². The molecule has 13 heavy (non-hydrogen) atoms. The van der Waals surface area contributed by atoms with E-state index in [1.54, 1.807) is 11.3 Å². The van der Waals surface area contributed by atoms with Gasteiger partial charge in [-0.3, -0.25) is 0 Å². The van der Waals surface area contributed by atoms with E-state index in [0.717, 1.165) is 18.0 Å². The molecule has 0 aliphatic heterocycles. The summed E-state index contributed by atoms with van der Waals surface area (Å²) in [5.41, 5.74) is 6.68. The largest absolute Gasteiger partial charge is 0.398 e. The van der Waals surface area contributed by atoms with Gasteiger partial charge in [0.2, 0.25) is 0 Å². The zero-order valence-corrected chi connectivity index (χ0v) is 9.67. The van der Waals surface area contributed by atoms with Gasteiger partial charge in [-0.1, -0.05) is 0 Å². The van der Waals surface area contributed by atoms with E-state index in [4.69, 9.17) is 5.73 Å². The molecule has 0 amide bonds. The molecule has 3 N–H and O–H groups in total. The first kappa shape index (κ1) is 10.9. The second-order valence-electron chi connectivity index (χ2n) is 3.04. The van der Waals surface area contributed by atoms with Crippen LogP contribution in [-0.4, -0.2) is 18.1 Å². The van der Waals surface area contributed by atoms with Crippen LogP contribution in [0, 0.1) is 0 Å². The van der Waals surface area contributed by atoms with Crippen LogP contribution in [0.2, 0.25) is 0 Å². The molecule has 1 rings (SSSR count). The maximum Gasteiger partial charge on any atom is 0.0468 e. The minimum absolute atomic E-state index is 0.552. The van der Waals surface area contributed by atoms with Gasteiger partial charge in [-0.25, -0.2) is 0 Å². The standard InChI is InChI=1S/C9H16N2S2/c1-7(6-12-2)11-5-9-8(10)3-4-13-9/h3-4,7,11H,5-6,10H2,1-2H3. The van der Waals surface area contributed by atoms with Crippen LogP contribution in [0.5, 0.6) is 0 Å². The highest BCUT2D eigenvalue weighted by Crippen LogP contribution is 2.18. The lowest BCUT2D eigenvalue weighted by atomic mass is 10.3. The van der Waals surface area contributed by atoms with Gasteiger partial charge < -0.3 is 11.1 Å². The number of anilines is 1. The van der Waals surface area contributed by atoms with E-state index in [2.05, 4.69) is 18.5 Å². The zero-order valence-electron chi connectivity index (χ0n) is 8.04. The van der Waals surface area contributed by atoms with Crippen molar-refractivity contribution in [2.24, 2.45) is 0 Å². The molecule has 0 fully saturated rings. The van der Waals surface area contributed by atoms with Crippen LogP contribution in [0.4, 0.5) is 5.69 Å². The van der Waals surface area contributed by atoms with Gasteiger partial charge in [0.25, 0.3) is 0 Å². The molecule has 0 aromatic carbocycles. The number of thiophene rings is 1. The van der Waals surface area contributed by atoms with Gasteiger partial charge >= 0.3 is 0 Å². The van der Waals surface area contributed by atoms with Crippen LogP contribution in [0.15, 0.2) is 11.4 Å². The molecule has 1 unspecified atom stereocenters. The topological polar surface area (TPSA) is 38.0 Å². The summed E-state index contributed by atoms with van der Waals surface area (Å²) in [6.07, 6.45) is 2.12. The van der Waals surface area contributed by atoms with E-state index in [1.165, 1.54) is 4.88 Å². The summed E-state index contributed by atoms with van der Waals surface area (Å²) >= 11 is 3.58. The predicted molar refractivity (Wildman–Crippen MR) is 63.4 cm³/mol. The van der Waals surface area contributed by atoms with Crippen LogP contribution in [-0.2, 0) is 6.54 Å². The number of nitrogens with one attached hydrogen (secondary N) is 1. The Morgan fingerprint density at radius 2 is 2.46 bits per heavy atom. The smallest absolute Gasteiger partial charge is 0.0468 e. The molecule has 1 aromatic heterocycles. The Morgan fingerprint density at radius 1 is 1.69 bits per heavy atom. The van der Waals surface area contributed by atoms with Gasteiger partial charge in [-0.05, 0) is 24.6 Å². The molecule has 0 spiro atoms. The minimum atomic E-state index is 0.552. The highest BCUT2D eigenvalue weighted by atomic mass is 32.2. The fourth-order valence-corrected chi connectivity index (χ4v) is 2.44. The third-order valence-corrected chi connectivity index (χ3v) is 3.58. The molecule has 0 saturated heterocycles. The summed E-state index contributed by atoms with van der Waals surface area (Å²) in [5.74, 6) is 1.14. The number of thioether (sulfide) groups is 1. The number of hydrogen-bond acceptors (Lipinski definition) is 4. The van der Waals surface area contributed by atoms with E-state index in [9.17, 15) is 0 Å². The van der Waals surface area contributed by atoms with Crippen LogP contribution in [0.1, 0.15) is 11.8 Å². The first-order valence-corrected chi connectivity index (χ1v) is 6.55. The van der Waals surface area contributed by atoms with E-state index in [-0.39, 0.29) is 0 Å². The lowest BCUT2D eigenvalue weighted by Gasteiger charge is -2.11. The summed E-state index contributed by atoms with van der Waals surface area (Å²) in [6.45, 7) is 3.09. The molecule has 1 heterocycles. The van der Waals surface area contributed by atoms with Gasteiger partial charge in [-0.15, -0.1) is 11.3 Å². The third kappa shape index (κ3) is 3.58. The molecule has 1 aromatic rings.